The zero-order valence-electron chi connectivity index (χ0n) is 10.8. The number of hydrogen-bond acceptors (Lipinski definition) is 3. The van der Waals surface area contributed by atoms with Crippen LogP contribution in [0.15, 0.2) is 18.2 Å². The number of anilines is 1. The van der Waals surface area contributed by atoms with E-state index in [0.29, 0.717) is 18.0 Å². The van der Waals surface area contributed by atoms with Crippen molar-refractivity contribution in [2.24, 2.45) is 5.92 Å². The van der Waals surface area contributed by atoms with E-state index < -0.39 is 0 Å². The van der Waals surface area contributed by atoms with Gasteiger partial charge >= 0.3 is 0 Å². The van der Waals surface area contributed by atoms with Crippen molar-refractivity contribution in [2.75, 3.05) is 26.0 Å². The van der Waals surface area contributed by atoms with Gasteiger partial charge < -0.3 is 15.4 Å². The molecule has 0 saturated heterocycles. The highest BCUT2D eigenvalue weighted by atomic mass is 16.5. The van der Waals surface area contributed by atoms with Crippen LogP contribution < -0.4 is 15.4 Å². The molecule has 0 heterocycles. The highest BCUT2D eigenvalue weighted by Crippen LogP contribution is 2.25. The Kier molecular flexibility index (Phi) is 4.97. The number of amides is 1. The van der Waals surface area contributed by atoms with E-state index in [1.165, 1.54) is 0 Å². The number of carbonyl (C=O) groups is 1. The predicted molar refractivity (Wildman–Crippen MR) is 69.5 cm³/mol. The lowest BCUT2D eigenvalue weighted by Gasteiger charge is -2.14. The third-order valence-electron chi connectivity index (χ3n) is 2.57. The van der Waals surface area contributed by atoms with Crippen LogP contribution in [0.3, 0.4) is 0 Å². The molecule has 0 radical (unpaired) electrons. The maximum atomic E-state index is 11.8. The second-order valence-corrected chi connectivity index (χ2v) is 4.15. The molecule has 1 aromatic rings. The lowest BCUT2D eigenvalue weighted by molar-refractivity contribution is -0.119. The number of nitrogens with one attached hydrogen (secondary N) is 2. The van der Waals surface area contributed by atoms with Crippen molar-refractivity contribution in [3.8, 4) is 5.75 Å². The molecule has 0 aromatic heterocycles. The quantitative estimate of drug-likeness (QED) is 0.819. The Hall–Kier alpha value is -1.55. The second-order valence-electron chi connectivity index (χ2n) is 4.15. The molecule has 17 heavy (non-hydrogen) atoms. The molecule has 0 aliphatic heterocycles. The monoisotopic (exact) mass is 236 g/mol. The van der Waals surface area contributed by atoms with Crippen molar-refractivity contribution in [3.63, 3.8) is 0 Å². The number of rotatable bonds is 5. The number of benzene rings is 1. The van der Waals surface area contributed by atoms with Crippen molar-refractivity contribution in [1.82, 2.24) is 5.32 Å². The van der Waals surface area contributed by atoms with Crippen LogP contribution in [0.1, 0.15) is 12.5 Å². The Bertz CT molecular complexity index is 391. The highest BCUT2D eigenvalue weighted by Gasteiger charge is 2.13. The highest BCUT2D eigenvalue weighted by molar-refractivity contribution is 5.93. The summed E-state index contributed by atoms with van der Waals surface area (Å²) in [7, 11) is 3.43. The van der Waals surface area contributed by atoms with Crippen LogP contribution in [0.2, 0.25) is 0 Å². The van der Waals surface area contributed by atoms with Gasteiger partial charge in [-0.1, -0.05) is 13.0 Å². The van der Waals surface area contributed by atoms with E-state index in [0.717, 1.165) is 5.56 Å². The van der Waals surface area contributed by atoms with Crippen molar-refractivity contribution in [1.29, 1.82) is 0 Å². The normalized spacial score (nSPS) is 12.0. The summed E-state index contributed by atoms with van der Waals surface area (Å²) < 4.78 is 5.24. The van der Waals surface area contributed by atoms with Gasteiger partial charge in [0.1, 0.15) is 5.75 Å². The number of methoxy groups -OCH3 is 1. The van der Waals surface area contributed by atoms with Crippen LogP contribution in [0.5, 0.6) is 5.75 Å². The van der Waals surface area contributed by atoms with E-state index in [4.69, 9.17) is 4.74 Å². The molecule has 4 nitrogen and oxygen atoms in total. The largest absolute Gasteiger partial charge is 0.495 e. The van der Waals surface area contributed by atoms with Gasteiger partial charge in [-0.3, -0.25) is 4.79 Å². The van der Waals surface area contributed by atoms with Crippen LogP contribution in [-0.2, 0) is 4.79 Å². The van der Waals surface area contributed by atoms with Crippen LogP contribution in [-0.4, -0.2) is 26.6 Å². The summed E-state index contributed by atoms with van der Waals surface area (Å²) in [5.74, 6) is 0.600. The molecule has 1 amide bonds. The van der Waals surface area contributed by atoms with Gasteiger partial charge in [0.25, 0.3) is 0 Å². The van der Waals surface area contributed by atoms with E-state index in [2.05, 4.69) is 10.6 Å². The van der Waals surface area contributed by atoms with E-state index in [-0.39, 0.29) is 11.8 Å². The van der Waals surface area contributed by atoms with Gasteiger partial charge in [0.15, 0.2) is 0 Å². The fourth-order valence-corrected chi connectivity index (χ4v) is 1.56. The van der Waals surface area contributed by atoms with Crippen molar-refractivity contribution in [2.45, 2.75) is 13.8 Å². The van der Waals surface area contributed by atoms with E-state index in [1.54, 1.807) is 7.11 Å². The molecule has 0 bridgehead atoms. The molecule has 1 unspecified atom stereocenters. The number of ether oxygens (including phenoxy) is 1. The van der Waals surface area contributed by atoms with Gasteiger partial charge in [-0.15, -0.1) is 0 Å². The Balaban J connectivity index is 2.77. The SMILES string of the molecule is CNCC(C)C(=O)Nc1ccc(C)cc1OC. The smallest absolute Gasteiger partial charge is 0.228 e. The van der Waals surface area contributed by atoms with Crippen molar-refractivity contribution in [3.05, 3.63) is 23.8 Å². The summed E-state index contributed by atoms with van der Waals surface area (Å²) in [6.45, 7) is 4.52. The van der Waals surface area contributed by atoms with Crippen LogP contribution >= 0.6 is 0 Å². The average molecular weight is 236 g/mol. The zero-order valence-corrected chi connectivity index (χ0v) is 10.8. The molecule has 2 N–H and O–H groups in total. The maximum absolute atomic E-state index is 11.8. The van der Waals surface area contributed by atoms with Gasteiger partial charge in [-0.2, -0.15) is 0 Å². The van der Waals surface area contributed by atoms with Gasteiger partial charge in [0.2, 0.25) is 5.91 Å². The molecule has 0 fully saturated rings. The van der Waals surface area contributed by atoms with Gasteiger partial charge in [0.05, 0.1) is 12.8 Å². The first-order valence-corrected chi connectivity index (χ1v) is 5.68. The number of aryl methyl sites for hydroxylation is 1. The molecule has 0 spiro atoms. The Morgan fingerprint density at radius 2 is 2.18 bits per heavy atom. The molecular weight excluding hydrogens is 216 g/mol. The fraction of sp³-hybridized carbons (Fsp3) is 0.462. The van der Waals surface area contributed by atoms with Crippen LogP contribution in [0, 0.1) is 12.8 Å². The van der Waals surface area contributed by atoms with Gasteiger partial charge in [-0.25, -0.2) is 0 Å². The van der Waals surface area contributed by atoms with E-state index in [9.17, 15) is 4.79 Å². The molecule has 94 valence electrons. The fourth-order valence-electron chi connectivity index (χ4n) is 1.56. The number of hydrogen-bond donors (Lipinski definition) is 2. The molecule has 1 aromatic carbocycles. The van der Waals surface area contributed by atoms with Crippen LogP contribution in [0.25, 0.3) is 0 Å². The first-order valence-electron chi connectivity index (χ1n) is 5.68. The molecule has 0 aliphatic rings. The Morgan fingerprint density at radius 1 is 1.47 bits per heavy atom. The molecule has 0 saturated carbocycles. The summed E-state index contributed by atoms with van der Waals surface area (Å²) in [6, 6.07) is 5.71. The number of carbonyl (C=O) groups excluding carboxylic acids is 1. The Morgan fingerprint density at radius 3 is 2.76 bits per heavy atom. The Labute approximate surface area is 102 Å². The minimum Gasteiger partial charge on any atom is -0.495 e. The van der Waals surface area contributed by atoms with Gasteiger partial charge in [0, 0.05) is 12.5 Å². The third kappa shape index (κ3) is 3.75. The molecule has 4 heteroatoms. The average Bonchev–Trinajstić information content (AvgIpc) is 2.31. The predicted octanol–water partition coefficient (Wildman–Crippen LogP) is 1.80. The molecule has 1 atom stereocenters. The van der Waals surface area contributed by atoms with Crippen molar-refractivity contribution >= 4 is 11.6 Å². The van der Waals surface area contributed by atoms with E-state index >= 15 is 0 Å². The molecular formula is C13H20N2O2. The second kappa shape index (κ2) is 6.25. The minimum absolute atomic E-state index is 0.0125. The topological polar surface area (TPSA) is 50.4 Å². The third-order valence-corrected chi connectivity index (χ3v) is 2.57. The van der Waals surface area contributed by atoms with Gasteiger partial charge in [-0.05, 0) is 31.7 Å². The lowest BCUT2D eigenvalue weighted by Crippen LogP contribution is -2.28. The molecule has 1 rings (SSSR count). The zero-order chi connectivity index (χ0) is 12.8. The van der Waals surface area contributed by atoms with Crippen LogP contribution in [0.4, 0.5) is 5.69 Å². The summed E-state index contributed by atoms with van der Waals surface area (Å²) in [5.41, 5.74) is 1.81. The maximum Gasteiger partial charge on any atom is 0.228 e. The standard InChI is InChI=1S/C13H20N2O2/c1-9-5-6-11(12(7-9)17-4)15-13(16)10(2)8-14-3/h5-7,10,14H,8H2,1-4H3,(H,15,16). The lowest BCUT2D eigenvalue weighted by atomic mass is 10.1. The summed E-state index contributed by atoms with van der Waals surface area (Å²) >= 11 is 0. The summed E-state index contributed by atoms with van der Waals surface area (Å²) in [5, 5.41) is 5.85. The minimum atomic E-state index is -0.0778. The van der Waals surface area contributed by atoms with Crippen molar-refractivity contribution < 1.29 is 9.53 Å². The summed E-state index contributed by atoms with van der Waals surface area (Å²) in [4.78, 5) is 11.8. The molecule has 0 aliphatic carbocycles. The first kappa shape index (κ1) is 13.5. The first-order chi connectivity index (χ1) is 8.08. The van der Waals surface area contributed by atoms with E-state index in [1.807, 2.05) is 39.1 Å². The summed E-state index contributed by atoms with van der Waals surface area (Å²) in [6.07, 6.45) is 0.